The summed E-state index contributed by atoms with van der Waals surface area (Å²) in [5.74, 6) is 0.196. The molecule has 1 aliphatic carbocycles. The molecule has 0 saturated heterocycles. The summed E-state index contributed by atoms with van der Waals surface area (Å²) in [4.78, 5) is 6.47. The van der Waals surface area contributed by atoms with E-state index in [0.717, 1.165) is 43.5 Å². The first-order valence-corrected chi connectivity index (χ1v) is 6.60. The third-order valence-electron chi connectivity index (χ3n) is 3.89. The molecule has 1 aromatic rings. The zero-order chi connectivity index (χ0) is 13.4. The number of likely N-dealkylation sites (N-methyl/N-ethyl adjacent to an activating group) is 1. The first-order chi connectivity index (χ1) is 9.11. The Morgan fingerprint density at radius 1 is 1.20 bits per heavy atom. The van der Waals surface area contributed by atoms with Gasteiger partial charge in [-0.2, -0.15) is 0 Å². The van der Waals surface area contributed by atoms with Gasteiger partial charge in [-0.15, -0.1) is 24.0 Å². The maximum atomic E-state index is 13.1. The second kappa shape index (κ2) is 6.24. The predicted octanol–water partition coefficient (Wildman–Crippen LogP) is 2.72. The molecular weight excluding hydrogens is 375 g/mol. The monoisotopic (exact) mass is 393 g/mol. The number of nitrogens with zero attached hydrogens (tertiary/aromatic N) is 2. The number of rotatable bonds is 2. The maximum Gasteiger partial charge on any atom is 0.194 e. The number of nitrogens with one attached hydrogen (secondary N) is 1. The first kappa shape index (κ1) is 15.5. The molecule has 0 aromatic heterocycles. The van der Waals surface area contributed by atoms with Crippen LogP contribution in [0.4, 0.5) is 8.78 Å². The average molecular weight is 393 g/mol. The van der Waals surface area contributed by atoms with E-state index in [1.165, 1.54) is 12.1 Å². The van der Waals surface area contributed by atoms with Gasteiger partial charge >= 0.3 is 0 Å². The Morgan fingerprint density at radius 3 is 2.40 bits per heavy atom. The second-order valence-corrected chi connectivity index (χ2v) is 5.34. The molecule has 1 saturated carbocycles. The van der Waals surface area contributed by atoms with Crippen molar-refractivity contribution in [2.45, 2.75) is 24.8 Å². The Balaban J connectivity index is 0.00000147. The van der Waals surface area contributed by atoms with Crippen LogP contribution in [0.15, 0.2) is 23.2 Å². The van der Waals surface area contributed by atoms with Crippen molar-refractivity contribution < 1.29 is 8.78 Å². The molecule has 0 spiro atoms. The first-order valence-electron chi connectivity index (χ1n) is 6.60. The van der Waals surface area contributed by atoms with E-state index in [0.29, 0.717) is 6.04 Å². The van der Waals surface area contributed by atoms with E-state index in [2.05, 4.69) is 15.2 Å². The molecule has 1 aromatic carbocycles. The second-order valence-electron chi connectivity index (χ2n) is 5.34. The van der Waals surface area contributed by atoms with Gasteiger partial charge in [0.15, 0.2) is 5.96 Å². The Bertz CT molecular complexity index is 495. The van der Waals surface area contributed by atoms with Crippen LogP contribution < -0.4 is 5.32 Å². The molecule has 3 nitrogen and oxygen atoms in total. The van der Waals surface area contributed by atoms with Gasteiger partial charge in [-0.05, 0) is 36.5 Å². The topological polar surface area (TPSA) is 27.6 Å². The Hall–Kier alpha value is -0.920. The number of halogens is 3. The number of aliphatic imine (C=N–C) groups is 1. The molecule has 1 fully saturated rings. The van der Waals surface area contributed by atoms with Crippen LogP contribution in [0.25, 0.3) is 0 Å². The predicted molar refractivity (Wildman–Crippen MR) is 85.6 cm³/mol. The van der Waals surface area contributed by atoms with Gasteiger partial charge in [0, 0.05) is 25.7 Å². The smallest absolute Gasteiger partial charge is 0.194 e. The zero-order valence-electron chi connectivity index (χ0n) is 11.3. The van der Waals surface area contributed by atoms with E-state index in [9.17, 15) is 8.78 Å². The van der Waals surface area contributed by atoms with Crippen LogP contribution in [0.3, 0.4) is 0 Å². The summed E-state index contributed by atoms with van der Waals surface area (Å²) in [6.45, 7) is 1.79. The Morgan fingerprint density at radius 2 is 1.85 bits per heavy atom. The average Bonchev–Trinajstić information content (AvgIpc) is 2.67. The van der Waals surface area contributed by atoms with Gasteiger partial charge in [0.05, 0.1) is 6.54 Å². The maximum absolute atomic E-state index is 13.1. The molecule has 2 aliphatic rings. The van der Waals surface area contributed by atoms with Gasteiger partial charge in [0.25, 0.3) is 0 Å². The van der Waals surface area contributed by atoms with Crippen LogP contribution in [-0.4, -0.2) is 37.0 Å². The molecule has 1 heterocycles. The molecule has 110 valence electrons. The standard InChI is InChI=1S/C14H17F2N3.HI/c1-19-3-2-17-14(19)18-13-6-10(7-13)9-4-11(15)8-12(16)5-9;/h4-5,8,10,13H,2-3,6-7H2,1H3,(H,17,18);1H. The van der Waals surface area contributed by atoms with Crippen LogP contribution in [-0.2, 0) is 0 Å². The number of benzene rings is 1. The van der Waals surface area contributed by atoms with E-state index in [1.807, 2.05) is 7.05 Å². The molecule has 0 unspecified atom stereocenters. The summed E-state index contributed by atoms with van der Waals surface area (Å²) >= 11 is 0. The molecule has 20 heavy (non-hydrogen) atoms. The largest absolute Gasteiger partial charge is 0.353 e. The highest BCUT2D eigenvalue weighted by Gasteiger charge is 2.32. The van der Waals surface area contributed by atoms with Crippen molar-refractivity contribution in [2.75, 3.05) is 20.1 Å². The minimum atomic E-state index is -0.494. The third-order valence-corrected chi connectivity index (χ3v) is 3.89. The van der Waals surface area contributed by atoms with E-state index >= 15 is 0 Å². The highest BCUT2D eigenvalue weighted by atomic mass is 127. The van der Waals surface area contributed by atoms with Crippen molar-refractivity contribution in [1.29, 1.82) is 0 Å². The molecule has 0 bridgehead atoms. The molecule has 0 atom stereocenters. The zero-order valence-corrected chi connectivity index (χ0v) is 13.6. The minimum absolute atomic E-state index is 0. The number of guanidine groups is 1. The molecule has 1 N–H and O–H groups in total. The van der Waals surface area contributed by atoms with Crippen molar-refractivity contribution in [2.24, 2.45) is 4.99 Å². The van der Waals surface area contributed by atoms with Gasteiger partial charge in [-0.25, -0.2) is 8.78 Å². The summed E-state index contributed by atoms with van der Waals surface area (Å²) in [7, 11) is 2.01. The van der Waals surface area contributed by atoms with E-state index in [-0.39, 0.29) is 29.9 Å². The van der Waals surface area contributed by atoms with Crippen molar-refractivity contribution >= 4 is 29.9 Å². The molecule has 0 radical (unpaired) electrons. The Labute approximate surface area is 134 Å². The van der Waals surface area contributed by atoms with Gasteiger partial charge in [0.2, 0.25) is 0 Å². The lowest BCUT2D eigenvalue weighted by Gasteiger charge is -2.37. The van der Waals surface area contributed by atoms with Gasteiger partial charge < -0.3 is 10.2 Å². The number of hydrogen-bond donors (Lipinski definition) is 1. The molecule has 1 aliphatic heterocycles. The molecule has 0 amide bonds. The van der Waals surface area contributed by atoms with Crippen LogP contribution >= 0.6 is 24.0 Å². The van der Waals surface area contributed by atoms with Crippen LogP contribution in [0.2, 0.25) is 0 Å². The fourth-order valence-electron chi connectivity index (χ4n) is 2.69. The SMILES string of the molecule is CN1CCN=C1NC1CC(c2cc(F)cc(F)c2)C1.I. The quantitative estimate of drug-likeness (QED) is 0.783. The lowest BCUT2D eigenvalue weighted by molar-refractivity contribution is 0.314. The summed E-state index contributed by atoms with van der Waals surface area (Å²) in [6, 6.07) is 4.14. The van der Waals surface area contributed by atoms with Crippen molar-refractivity contribution in [1.82, 2.24) is 10.2 Å². The highest BCUT2D eigenvalue weighted by Crippen LogP contribution is 2.37. The van der Waals surface area contributed by atoms with E-state index in [4.69, 9.17) is 0 Å². The van der Waals surface area contributed by atoms with Crippen molar-refractivity contribution in [3.63, 3.8) is 0 Å². The van der Waals surface area contributed by atoms with Crippen LogP contribution in [0.1, 0.15) is 24.3 Å². The lowest BCUT2D eigenvalue weighted by atomic mass is 9.76. The third kappa shape index (κ3) is 3.21. The van der Waals surface area contributed by atoms with Crippen molar-refractivity contribution in [3.05, 3.63) is 35.4 Å². The van der Waals surface area contributed by atoms with Gasteiger partial charge in [-0.3, -0.25) is 4.99 Å². The molecular formula is C14H18F2IN3. The van der Waals surface area contributed by atoms with Gasteiger partial charge in [-0.1, -0.05) is 0 Å². The Kier molecular flexibility index (Phi) is 4.82. The van der Waals surface area contributed by atoms with Gasteiger partial charge in [0.1, 0.15) is 11.6 Å². The van der Waals surface area contributed by atoms with Crippen LogP contribution in [0, 0.1) is 11.6 Å². The van der Waals surface area contributed by atoms with E-state index in [1.54, 1.807) is 0 Å². The summed E-state index contributed by atoms with van der Waals surface area (Å²) < 4.78 is 26.3. The fraction of sp³-hybridized carbons (Fsp3) is 0.500. The molecule has 3 rings (SSSR count). The highest BCUT2D eigenvalue weighted by molar-refractivity contribution is 14.0. The molecule has 6 heteroatoms. The fourth-order valence-corrected chi connectivity index (χ4v) is 2.69. The summed E-state index contributed by atoms with van der Waals surface area (Å²) in [5, 5.41) is 3.38. The minimum Gasteiger partial charge on any atom is -0.353 e. The summed E-state index contributed by atoms with van der Waals surface area (Å²) in [5.41, 5.74) is 0.761. The normalized spacial score (nSPS) is 24.8. The van der Waals surface area contributed by atoms with Crippen molar-refractivity contribution in [3.8, 4) is 0 Å². The van der Waals surface area contributed by atoms with Crippen LogP contribution in [0.5, 0.6) is 0 Å². The van der Waals surface area contributed by atoms with E-state index < -0.39 is 11.6 Å². The summed E-state index contributed by atoms with van der Waals surface area (Å²) in [6.07, 6.45) is 1.80. The number of hydrogen-bond acceptors (Lipinski definition) is 3. The lowest BCUT2D eigenvalue weighted by Crippen LogP contribution is -2.47.